The van der Waals surface area contributed by atoms with Crippen LogP contribution in [0.3, 0.4) is 0 Å². The van der Waals surface area contributed by atoms with E-state index in [1.54, 1.807) is 12.1 Å². The van der Waals surface area contributed by atoms with Gasteiger partial charge in [0.1, 0.15) is 0 Å². The molecule has 0 bridgehead atoms. The van der Waals surface area contributed by atoms with Crippen LogP contribution in [0, 0.1) is 0 Å². The predicted octanol–water partition coefficient (Wildman–Crippen LogP) is -7.24. The first-order valence-electron chi connectivity index (χ1n) is 4.30. The second-order valence-electron chi connectivity index (χ2n) is 2.74. The number of aromatic amines is 2. The van der Waals surface area contributed by atoms with Gasteiger partial charge in [0.2, 0.25) is 0 Å². The fourth-order valence-electron chi connectivity index (χ4n) is 0.915. The molecule has 2 aromatic heterocycles. The summed E-state index contributed by atoms with van der Waals surface area (Å²) < 4.78 is 0. The van der Waals surface area contributed by atoms with Crippen LogP contribution in [0.5, 0.6) is 0 Å². The summed E-state index contributed by atoms with van der Waals surface area (Å²) in [5, 5.41) is 19.8. The number of hydrogen-bond donors (Lipinski definition) is 2. The fourth-order valence-corrected chi connectivity index (χ4v) is 0.915. The first-order valence-corrected chi connectivity index (χ1v) is 4.30. The second kappa shape index (κ2) is 9.70. The number of aromatic nitrogens is 2. The summed E-state index contributed by atoms with van der Waals surface area (Å²) in [5.74, 6) is -2.34. The molecule has 84 valence electrons. The Kier molecular flexibility index (Phi) is 10.3. The quantitative estimate of drug-likeness (QED) is 0.502. The normalized spacial score (nSPS) is 8.00. The van der Waals surface area contributed by atoms with Crippen molar-refractivity contribution in [3.8, 4) is 0 Å². The van der Waals surface area contributed by atoms with Gasteiger partial charge in [-0.3, -0.25) is 0 Å². The van der Waals surface area contributed by atoms with Crippen molar-refractivity contribution < 1.29 is 57.5 Å². The van der Waals surface area contributed by atoms with E-state index in [1.807, 2.05) is 0 Å². The largest absolute Gasteiger partial charge is 1.00 e. The van der Waals surface area contributed by atoms with Crippen LogP contribution in [-0.2, 0) is 0 Å². The van der Waals surface area contributed by atoms with Crippen LogP contribution in [0.15, 0.2) is 36.7 Å². The third kappa shape index (κ3) is 6.44. The number of carbonyl (C=O) groups is 2. The molecule has 0 aromatic carbocycles. The molecule has 0 aliphatic rings. The summed E-state index contributed by atoms with van der Waals surface area (Å²) in [4.78, 5) is 24.8. The van der Waals surface area contributed by atoms with E-state index in [9.17, 15) is 19.8 Å². The van der Waals surface area contributed by atoms with Crippen molar-refractivity contribution in [3.05, 3.63) is 48.0 Å². The van der Waals surface area contributed by atoms with Gasteiger partial charge in [-0.25, -0.2) is 0 Å². The fraction of sp³-hybridized carbons (Fsp3) is 0. The van der Waals surface area contributed by atoms with Gasteiger partial charge in [-0.2, -0.15) is 0 Å². The smallest absolute Gasteiger partial charge is 0.543 e. The first-order chi connectivity index (χ1) is 7.61. The zero-order chi connectivity index (χ0) is 12.0. The molecule has 0 unspecified atom stereocenters. The molecule has 0 atom stereocenters. The van der Waals surface area contributed by atoms with E-state index >= 15 is 0 Å². The number of H-pyrrole nitrogens is 2. The average Bonchev–Trinajstić information content (AvgIpc) is 2.93. The predicted molar refractivity (Wildman–Crippen MR) is 50.2 cm³/mol. The number of rotatable bonds is 2. The summed E-state index contributed by atoms with van der Waals surface area (Å²) in [6.07, 6.45) is 3.07. The van der Waals surface area contributed by atoms with Crippen molar-refractivity contribution in [2.24, 2.45) is 0 Å². The summed E-state index contributed by atoms with van der Waals surface area (Å²) in [5.41, 5.74) is 0.231. The average molecular weight is 234 g/mol. The van der Waals surface area contributed by atoms with E-state index in [0.29, 0.717) is 0 Å². The van der Waals surface area contributed by atoms with Crippen LogP contribution in [0.2, 0.25) is 0 Å². The standard InChI is InChI=1S/2C5H5NO2.2Li/c2*7-5(8)4-2-1-3-6-4;;/h2*1-3,6H,(H,7,8);;/q;;2*+1/p-2. The zero-order valence-electron chi connectivity index (χ0n) is 10.1. The van der Waals surface area contributed by atoms with Crippen LogP contribution < -0.4 is 47.9 Å². The molecule has 2 rings (SSSR count). The van der Waals surface area contributed by atoms with Crippen LogP contribution in [-0.4, -0.2) is 21.9 Å². The Morgan fingerprint density at radius 1 is 0.833 bits per heavy atom. The molecule has 0 aliphatic carbocycles. The summed E-state index contributed by atoms with van der Waals surface area (Å²) in [7, 11) is 0. The Morgan fingerprint density at radius 3 is 1.28 bits per heavy atom. The van der Waals surface area contributed by atoms with Gasteiger partial charge < -0.3 is 29.8 Å². The van der Waals surface area contributed by atoms with Gasteiger partial charge in [-0.1, -0.05) is 0 Å². The van der Waals surface area contributed by atoms with E-state index in [0.717, 1.165) is 0 Å². The molecular weight excluding hydrogens is 226 g/mol. The molecule has 6 nitrogen and oxygen atoms in total. The first kappa shape index (κ1) is 19.0. The molecule has 8 heteroatoms. The van der Waals surface area contributed by atoms with E-state index in [2.05, 4.69) is 9.97 Å². The Balaban J connectivity index is 0. The number of carbonyl (C=O) groups excluding carboxylic acids is 2. The van der Waals surface area contributed by atoms with Gasteiger partial charge >= 0.3 is 37.7 Å². The molecule has 0 fully saturated rings. The Hall–Kier alpha value is -1.31. The molecule has 0 saturated heterocycles. The van der Waals surface area contributed by atoms with Crippen LogP contribution in [0.25, 0.3) is 0 Å². The van der Waals surface area contributed by atoms with Crippen molar-refractivity contribution in [1.82, 2.24) is 9.97 Å². The third-order valence-corrected chi connectivity index (χ3v) is 1.64. The maximum atomic E-state index is 9.92. The Morgan fingerprint density at radius 2 is 1.17 bits per heavy atom. The van der Waals surface area contributed by atoms with Crippen molar-refractivity contribution in [3.63, 3.8) is 0 Å². The molecule has 2 aromatic rings. The molecule has 0 aliphatic heterocycles. The van der Waals surface area contributed by atoms with Gasteiger partial charge in [0, 0.05) is 12.4 Å². The van der Waals surface area contributed by atoms with Crippen LogP contribution in [0.4, 0.5) is 0 Å². The molecule has 0 spiro atoms. The minimum atomic E-state index is -1.17. The molecule has 2 N–H and O–H groups in total. The summed E-state index contributed by atoms with van der Waals surface area (Å²) >= 11 is 0. The van der Waals surface area contributed by atoms with E-state index in [-0.39, 0.29) is 49.1 Å². The maximum Gasteiger partial charge on any atom is 1.00 e. The molecule has 18 heavy (non-hydrogen) atoms. The van der Waals surface area contributed by atoms with Gasteiger partial charge in [0.05, 0.1) is 23.3 Å². The third-order valence-electron chi connectivity index (χ3n) is 1.64. The molecule has 0 radical (unpaired) electrons. The maximum absolute atomic E-state index is 9.92. The van der Waals surface area contributed by atoms with Crippen LogP contribution >= 0.6 is 0 Å². The Labute approximate surface area is 127 Å². The van der Waals surface area contributed by atoms with E-state index < -0.39 is 11.9 Å². The molecule has 0 saturated carbocycles. The van der Waals surface area contributed by atoms with Gasteiger partial charge in [0.25, 0.3) is 0 Å². The van der Waals surface area contributed by atoms with Gasteiger partial charge in [-0.15, -0.1) is 0 Å². The summed E-state index contributed by atoms with van der Waals surface area (Å²) in [6.45, 7) is 0. The Bertz CT molecular complexity index is 410. The number of aromatic carboxylic acids is 2. The minimum absolute atomic E-state index is 0. The molecular formula is C10H8Li2N2O4. The van der Waals surface area contributed by atoms with Crippen molar-refractivity contribution in [2.45, 2.75) is 0 Å². The minimum Gasteiger partial charge on any atom is -0.543 e. The van der Waals surface area contributed by atoms with E-state index in [1.165, 1.54) is 24.5 Å². The van der Waals surface area contributed by atoms with Crippen molar-refractivity contribution in [1.29, 1.82) is 0 Å². The number of carboxylic acid groups (broad SMARTS) is 2. The molecule has 0 amide bonds. The van der Waals surface area contributed by atoms with Crippen molar-refractivity contribution in [2.75, 3.05) is 0 Å². The van der Waals surface area contributed by atoms with Crippen molar-refractivity contribution >= 4 is 11.9 Å². The summed E-state index contributed by atoms with van der Waals surface area (Å²) in [6, 6.07) is 6.08. The van der Waals surface area contributed by atoms with Gasteiger partial charge in [0.15, 0.2) is 0 Å². The number of nitrogens with one attached hydrogen (secondary N) is 2. The zero-order valence-corrected chi connectivity index (χ0v) is 10.1. The van der Waals surface area contributed by atoms with Gasteiger partial charge in [-0.05, 0) is 24.3 Å². The number of hydrogen-bond acceptors (Lipinski definition) is 4. The monoisotopic (exact) mass is 234 g/mol. The topological polar surface area (TPSA) is 112 Å². The number of carboxylic acids is 2. The molecule has 2 heterocycles. The SMILES string of the molecule is O=C([O-])c1ccc[nH]1.O=C([O-])c1ccc[nH]1.[Li+].[Li+]. The second-order valence-corrected chi connectivity index (χ2v) is 2.74. The van der Waals surface area contributed by atoms with Crippen LogP contribution in [0.1, 0.15) is 21.0 Å². The van der Waals surface area contributed by atoms with E-state index in [4.69, 9.17) is 0 Å².